The third kappa shape index (κ3) is 3.75. The molecule has 2 aromatic rings. The predicted octanol–water partition coefficient (Wildman–Crippen LogP) is 1.29. The summed E-state index contributed by atoms with van der Waals surface area (Å²) in [5.41, 5.74) is 0.394. The third-order valence-corrected chi connectivity index (χ3v) is 5.08. The van der Waals surface area contributed by atoms with Gasteiger partial charge in [0.2, 0.25) is 0 Å². The first kappa shape index (κ1) is 17.6. The van der Waals surface area contributed by atoms with E-state index in [1.54, 1.807) is 18.3 Å². The summed E-state index contributed by atoms with van der Waals surface area (Å²) in [4.78, 5) is 4.06. The van der Waals surface area contributed by atoms with Crippen molar-refractivity contribution in [3.63, 3.8) is 0 Å². The van der Waals surface area contributed by atoms with Gasteiger partial charge in [0.05, 0.1) is 17.9 Å². The van der Waals surface area contributed by atoms with Crippen molar-refractivity contribution in [3.05, 3.63) is 48.0 Å². The summed E-state index contributed by atoms with van der Waals surface area (Å²) in [6.45, 7) is 0. The maximum atomic E-state index is 13.4. The standard InChI is InChI=1S/C17H15FN2O4S/c18-13-2-1-9(3-10(13)5-19)11-4-12(7-20-6-11)24-17-16(23)15(22)14(21)8-25-17/h1-4,6-7,14-17,21-23H,8H2/t14-,15+,16-,17-/m1/s1. The molecule has 0 amide bonds. The maximum Gasteiger partial charge on any atom is 0.173 e. The number of nitrogens with zero attached hydrogens (tertiary/aromatic N) is 2. The molecule has 0 radical (unpaired) electrons. The van der Waals surface area contributed by atoms with Gasteiger partial charge in [-0.2, -0.15) is 5.26 Å². The summed E-state index contributed by atoms with van der Waals surface area (Å²) < 4.78 is 19.1. The van der Waals surface area contributed by atoms with Crippen LogP contribution in [0.1, 0.15) is 5.56 Å². The molecule has 6 nitrogen and oxygen atoms in total. The summed E-state index contributed by atoms with van der Waals surface area (Å²) in [6, 6.07) is 7.59. The molecule has 4 atom stereocenters. The molecule has 0 unspecified atom stereocenters. The number of rotatable bonds is 3. The van der Waals surface area contributed by atoms with Crippen LogP contribution in [0.2, 0.25) is 0 Å². The van der Waals surface area contributed by atoms with Crippen LogP contribution >= 0.6 is 11.8 Å². The number of aromatic nitrogens is 1. The maximum absolute atomic E-state index is 13.4. The molecular formula is C17H15FN2O4S. The second-order valence-electron chi connectivity index (χ2n) is 5.58. The molecule has 25 heavy (non-hydrogen) atoms. The van der Waals surface area contributed by atoms with Crippen molar-refractivity contribution in [1.82, 2.24) is 4.98 Å². The topological polar surface area (TPSA) is 107 Å². The first-order valence-electron chi connectivity index (χ1n) is 7.47. The van der Waals surface area contributed by atoms with Crippen LogP contribution in [-0.2, 0) is 0 Å². The lowest BCUT2D eigenvalue weighted by Gasteiger charge is -2.34. The number of aliphatic hydroxyl groups is 3. The van der Waals surface area contributed by atoms with Crippen LogP contribution in [0.25, 0.3) is 11.1 Å². The van der Waals surface area contributed by atoms with Crippen LogP contribution in [0.15, 0.2) is 36.7 Å². The molecular weight excluding hydrogens is 347 g/mol. The monoisotopic (exact) mass is 362 g/mol. The van der Waals surface area contributed by atoms with Gasteiger partial charge in [-0.25, -0.2) is 4.39 Å². The van der Waals surface area contributed by atoms with Crippen molar-refractivity contribution < 1.29 is 24.4 Å². The number of ether oxygens (including phenoxy) is 1. The normalized spacial score (nSPS) is 26.0. The molecule has 1 saturated heterocycles. The Labute approximate surface area is 147 Å². The number of halogens is 1. The number of pyridine rings is 1. The van der Waals surface area contributed by atoms with Crippen molar-refractivity contribution in [3.8, 4) is 22.9 Å². The van der Waals surface area contributed by atoms with Gasteiger partial charge in [-0.3, -0.25) is 4.98 Å². The average molecular weight is 362 g/mol. The van der Waals surface area contributed by atoms with Gasteiger partial charge in [0, 0.05) is 17.5 Å². The summed E-state index contributed by atoms with van der Waals surface area (Å²) >= 11 is 1.19. The van der Waals surface area contributed by atoms with E-state index in [1.165, 1.54) is 36.2 Å². The van der Waals surface area contributed by atoms with Gasteiger partial charge in [0.15, 0.2) is 5.44 Å². The van der Waals surface area contributed by atoms with Crippen LogP contribution < -0.4 is 4.74 Å². The number of benzene rings is 1. The third-order valence-electron chi connectivity index (χ3n) is 3.84. The fourth-order valence-corrected chi connectivity index (χ4v) is 3.57. The van der Waals surface area contributed by atoms with E-state index in [9.17, 15) is 19.7 Å². The van der Waals surface area contributed by atoms with Crippen LogP contribution in [-0.4, -0.2) is 49.8 Å². The molecule has 1 fully saturated rings. The molecule has 130 valence electrons. The fourth-order valence-electron chi connectivity index (χ4n) is 2.45. The van der Waals surface area contributed by atoms with Gasteiger partial charge >= 0.3 is 0 Å². The lowest BCUT2D eigenvalue weighted by atomic mass is 10.0. The van der Waals surface area contributed by atoms with Gasteiger partial charge < -0.3 is 20.1 Å². The van der Waals surface area contributed by atoms with Gasteiger partial charge in [0.1, 0.15) is 29.8 Å². The molecule has 1 aliphatic rings. The van der Waals surface area contributed by atoms with Crippen molar-refractivity contribution in [1.29, 1.82) is 5.26 Å². The quantitative estimate of drug-likeness (QED) is 0.755. The zero-order chi connectivity index (χ0) is 18.0. The Morgan fingerprint density at radius 1 is 1.16 bits per heavy atom. The van der Waals surface area contributed by atoms with Crippen LogP contribution in [0.3, 0.4) is 0 Å². The Morgan fingerprint density at radius 3 is 2.72 bits per heavy atom. The molecule has 1 aromatic heterocycles. The van der Waals surface area contributed by atoms with Gasteiger partial charge in [-0.15, -0.1) is 11.8 Å². The van der Waals surface area contributed by atoms with E-state index >= 15 is 0 Å². The Morgan fingerprint density at radius 2 is 1.96 bits per heavy atom. The van der Waals surface area contributed by atoms with Crippen LogP contribution in [0.5, 0.6) is 5.75 Å². The zero-order valence-corrected chi connectivity index (χ0v) is 13.7. The van der Waals surface area contributed by atoms with Crippen molar-refractivity contribution in [2.24, 2.45) is 0 Å². The smallest absolute Gasteiger partial charge is 0.173 e. The highest BCUT2D eigenvalue weighted by atomic mass is 32.2. The fraction of sp³-hybridized carbons (Fsp3) is 0.294. The lowest BCUT2D eigenvalue weighted by Crippen LogP contribution is -2.50. The Hall–Kier alpha value is -2.18. The van der Waals surface area contributed by atoms with E-state index in [0.29, 0.717) is 16.9 Å². The van der Waals surface area contributed by atoms with E-state index in [4.69, 9.17) is 10.00 Å². The van der Waals surface area contributed by atoms with Crippen molar-refractivity contribution >= 4 is 11.8 Å². The number of thioether (sulfide) groups is 1. The van der Waals surface area contributed by atoms with Gasteiger partial charge in [-0.05, 0) is 23.8 Å². The number of hydrogen-bond donors (Lipinski definition) is 3. The van der Waals surface area contributed by atoms with E-state index in [2.05, 4.69) is 4.98 Å². The lowest BCUT2D eigenvalue weighted by molar-refractivity contribution is -0.0786. The molecule has 1 aliphatic heterocycles. The molecule has 0 aliphatic carbocycles. The second kappa shape index (κ2) is 7.37. The first-order valence-corrected chi connectivity index (χ1v) is 8.52. The minimum absolute atomic E-state index is 0.0702. The molecule has 2 heterocycles. The molecule has 8 heteroatoms. The van der Waals surface area contributed by atoms with Crippen LogP contribution in [0.4, 0.5) is 4.39 Å². The minimum Gasteiger partial charge on any atom is -0.475 e. The van der Waals surface area contributed by atoms with Crippen LogP contribution in [0, 0.1) is 17.1 Å². The highest BCUT2D eigenvalue weighted by molar-refractivity contribution is 7.99. The summed E-state index contributed by atoms with van der Waals surface area (Å²) in [6.07, 6.45) is -0.535. The number of nitriles is 1. The van der Waals surface area contributed by atoms with E-state index in [-0.39, 0.29) is 11.3 Å². The highest BCUT2D eigenvalue weighted by Crippen LogP contribution is 2.31. The summed E-state index contributed by atoms with van der Waals surface area (Å²) in [7, 11) is 0. The molecule has 0 saturated carbocycles. The summed E-state index contributed by atoms with van der Waals surface area (Å²) in [5, 5.41) is 38.2. The number of aliphatic hydroxyl groups excluding tert-OH is 3. The average Bonchev–Trinajstić information content (AvgIpc) is 2.63. The second-order valence-corrected chi connectivity index (χ2v) is 6.72. The largest absolute Gasteiger partial charge is 0.475 e. The summed E-state index contributed by atoms with van der Waals surface area (Å²) in [5.74, 6) is -0.0131. The van der Waals surface area contributed by atoms with E-state index in [0.717, 1.165) is 0 Å². The molecule has 3 rings (SSSR count). The SMILES string of the molecule is N#Cc1cc(-c2cncc(O[C@@H]3SC[C@@H](O)[C@H](O)[C@H]3O)c2)ccc1F. The number of hydrogen-bond acceptors (Lipinski definition) is 7. The Balaban J connectivity index is 1.82. The highest BCUT2D eigenvalue weighted by Gasteiger charge is 2.38. The molecule has 3 N–H and O–H groups in total. The Kier molecular flexibility index (Phi) is 5.20. The van der Waals surface area contributed by atoms with Crippen molar-refractivity contribution in [2.75, 3.05) is 5.75 Å². The van der Waals surface area contributed by atoms with Crippen molar-refractivity contribution in [2.45, 2.75) is 23.7 Å². The molecule has 1 aromatic carbocycles. The molecule has 0 spiro atoms. The zero-order valence-electron chi connectivity index (χ0n) is 12.9. The minimum atomic E-state index is -1.28. The first-order chi connectivity index (χ1) is 12.0. The van der Waals surface area contributed by atoms with Gasteiger partial charge in [0.25, 0.3) is 0 Å². The molecule has 0 bridgehead atoms. The Bertz CT molecular complexity index is 813. The predicted molar refractivity (Wildman–Crippen MR) is 89.2 cm³/mol. The van der Waals surface area contributed by atoms with E-state index in [1.807, 2.05) is 0 Å². The van der Waals surface area contributed by atoms with Gasteiger partial charge in [-0.1, -0.05) is 6.07 Å². The van der Waals surface area contributed by atoms with E-state index < -0.39 is 29.6 Å².